The van der Waals surface area contributed by atoms with Crippen molar-refractivity contribution in [2.75, 3.05) is 20.3 Å². The Labute approximate surface area is 292 Å². The molecule has 0 aliphatic carbocycles. The summed E-state index contributed by atoms with van der Waals surface area (Å²) < 4.78 is 5.28. The first-order valence-electron chi connectivity index (χ1n) is 16.1. The largest absolute Gasteiger partial charge is 0.444 e. The highest BCUT2D eigenvalue weighted by atomic mass is 32.1. The van der Waals surface area contributed by atoms with Crippen molar-refractivity contribution >= 4 is 42.0 Å². The highest BCUT2D eigenvalue weighted by Crippen LogP contribution is 2.20. The minimum atomic E-state index is -0.955. The number of alkyl carbamates (subject to hydrolysis) is 1. The van der Waals surface area contributed by atoms with Crippen molar-refractivity contribution in [3.8, 4) is 0 Å². The molecule has 11 nitrogen and oxygen atoms in total. The number of nitrogens with two attached hydrogens (primary N) is 1. The van der Waals surface area contributed by atoms with Gasteiger partial charge in [-0.15, -0.1) is 24.0 Å². The summed E-state index contributed by atoms with van der Waals surface area (Å²) >= 11 is 5.71. The van der Waals surface area contributed by atoms with Crippen molar-refractivity contribution in [1.29, 1.82) is 0 Å². The lowest BCUT2D eigenvalue weighted by atomic mass is 9.95. The van der Waals surface area contributed by atoms with Crippen molar-refractivity contribution in [1.82, 2.24) is 25.8 Å². The number of rotatable bonds is 18. The molecule has 0 spiro atoms. The lowest BCUT2D eigenvalue weighted by Crippen LogP contribution is -2.53. The molecule has 0 saturated heterocycles. The Kier molecular flexibility index (Phi) is 16.3. The molecular formula is C35H48N6O5S2. The van der Waals surface area contributed by atoms with Crippen molar-refractivity contribution in [3.63, 3.8) is 0 Å². The molecule has 0 saturated carbocycles. The fourth-order valence-electron chi connectivity index (χ4n) is 4.98. The topological polar surface area (TPSA) is 159 Å². The molecule has 1 heterocycles. The van der Waals surface area contributed by atoms with E-state index in [0.29, 0.717) is 36.5 Å². The maximum atomic E-state index is 13.6. The van der Waals surface area contributed by atoms with E-state index in [0.717, 1.165) is 21.8 Å². The van der Waals surface area contributed by atoms with Gasteiger partial charge in [-0.05, 0) is 43.2 Å². The number of carbonyl (C=O) groups is 3. The molecule has 260 valence electrons. The van der Waals surface area contributed by atoms with Gasteiger partial charge in [0.25, 0.3) is 0 Å². The van der Waals surface area contributed by atoms with Crippen LogP contribution >= 0.6 is 24.0 Å². The summed E-state index contributed by atoms with van der Waals surface area (Å²) in [6.45, 7) is 4.09. The van der Waals surface area contributed by atoms with Crippen LogP contribution in [0.5, 0.6) is 0 Å². The fraction of sp³-hybridized carbons (Fsp3) is 0.429. The van der Waals surface area contributed by atoms with Gasteiger partial charge in [0.05, 0.1) is 17.2 Å². The minimum Gasteiger partial charge on any atom is -0.444 e. The van der Waals surface area contributed by atoms with Crippen molar-refractivity contribution in [2.45, 2.75) is 76.5 Å². The van der Waals surface area contributed by atoms with Crippen LogP contribution in [0, 0.1) is 0 Å². The molecule has 3 rings (SSSR count). The Hall–Kier alpha value is -4.07. The van der Waals surface area contributed by atoms with E-state index >= 15 is 0 Å². The third kappa shape index (κ3) is 13.6. The lowest BCUT2D eigenvalue weighted by molar-refractivity contribution is -0.124. The van der Waals surface area contributed by atoms with E-state index in [4.69, 9.17) is 10.5 Å². The first kappa shape index (κ1) is 38.4. The number of carbonyl (C=O) groups excluding carboxylic acids is 3. The molecule has 3 atom stereocenters. The molecule has 0 fully saturated rings. The number of aromatic nitrogens is 1. The van der Waals surface area contributed by atoms with Crippen molar-refractivity contribution in [3.05, 3.63) is 99.0 Å². The monoisotopic (exact) mass is 696 g/mol. The van der Waals surface area contributed by atoms with Gasteiger partial charge >= 0.3 is 12.1 Å². The molecule has 13 heteroatoms. The van der Waals surface area contributed by atoms with Gasteiger partial charge in [0, 0.05) is 48.1 Å². The Morgan fingerprint density at radius 2 is 1.54 bits per heavy atom. The summed E-state index contributed by atoms with van der Waals surface area (Å²) in [5.74, 6) is -0.105. The minimum absolute atomic E-state index is 0.0477. The van der Waals surface area contributed by atoms with E-state index in [-0.39, 0.29) is 38.3 Å². The zero-order valence-corrected chi connectivity index (χ0v) is 29.5. The van der Waals surface area contributed by atoms with Crippen LogP contribution in [0.25, 0.3) is 0 Å². The number of aliphatic hydroxyl groups is 1. The highest BCUT2D eigenvalue weighted by molar-refractivity contribution is 7.84. The molecule has 4 amide bonds. The number of nitrogens with one attached hydrogen (secondary N) is 3. The summed E-state index contributed by atoms with van der Waals surface area (Å²) in [6.07, 6.45) is 2.83. The average molecular weight is 697 g/mol. The van der Waals surface area contributed by atoms with Gasteiger partial charge in [0.15, 0.2) is 0 Å². The molecule has 2 aromatic carbocycles. The van der Waals surface area contributed by atoms with E-state index in [1.54, 1.807) is 18.4 Å². The molecule has 0 bridgehead atoms. The predicted molar refractivity (Wildman–Crippen MR) is 193 cm³/mol. The Morgan fingerprint density at radius 1 is 0.958 bits per heavy atom. The molecule has 3 unspecified atom stereocenters. The second-order valence-electron chi connectivity index (χ2n) is 11.9. The first-order chi connectivity index (χ1) is 23.1. The SMILES string of the molecule is CC(C)c1nc(CN(C)C(=O)NC(CCO)C(=O)NC(CCC(Cc2ccccc2)NC(=O)OC/C(S)=C/N)Cc2ccccc2)cs1. The van der Waals surface area contributed by atoms with Gasteiger partial charge in [-0.25, -0.2) is 14.6 Å². The summed E-state index contributed by atoms with van der Waals surface area (Å²) in [4.78, 5) is 45.9. The van der Waals surface area contributed by atoms with Crippen molar-refractivity contribution < 1.29 is 24.2 Å². The third-order valence-electron chi connectivity index (χ3n) is 7.57. The van der Waals surface area contributed by atoms with Crippen LogP contribution in [-0.4, -0.2) is 71.4 Å². The van der Waals surface area contributed by atoms with Crippen molar-refractivity contribution in [2.24, 2.45) is 5.73 Å². The van der Waals surface area contributed by atoms with Gasteiger partial charge in [-0.1, -0.05) is 74.5 Å². The second-order valence-corrected chi connectivity index (χ2v) is 13.4. The molecule has 3 aromatic rings. The van der Waals surface area contributed by atoms with Gasteiger partial charge in [0.1, 0.15) is 12.6 Å². The maximum absolute atomic E-state index is 13.6. The van der Waals surface area contributed by atoms with Gasteiger partial charge < -0.3 is 36.4 Å². The van der Waals surface area contributed by atoms with Gasteiger partial charge in [0.2, 0.25) is 5.91 Å². The molecule has 0 aliphatic heterocycles. The molecule has 0 aliphatic rings. The van der Waals surface area contributed by atoms with Crippen LogP contribution in [0.1, 0.15) is 60.9 Å². The van der Waals surface area contributed by atoms with E-state index in [9.17, 15) is 19.5 Å². The second kappa shape index (κ2) is 20.3. The third-order valence-corrected chi connectivity index (χ3v) is 9.04. The van der Waals surface area contributed by atoms with Crippen LogP contribution in [0.15, 0.2) is 77.1 Å². The van der Waals surface area contributed by atoms with Crippen LogP contribution in [0.2, 0.25) is 0 Å². The number of benzene rings is 2. The fourth-order valence-corrected chi connectivity index (χ4v) is 5.87. The maximum Gasteiger partial charge on any atom is 0.407 e. The number of nitrogens with zero attached hydrogens (tertiary/aromatic N) is 2. The molecular weight excluding hydrogens is 649 g/mol. The summed E-state index contributed by atoms with van der Waals surface area (Å²) in [7, 11) is 1.64. The van der Waals surface area contributed by atoms with Gasteiger partial charge in [-0.2, -0.15) is 0 Å². The summed E-state index contributed by atoms with van der Waals surface area (Å²) in [6, 6.07) is 17.5. The number of hydrogen-bond donors (Lipinski definition) is 6. The standard InChI is InChI=1S/C35H48N6O5S2/c1-24(2)33-38-29(23-48-33)21-41(3)34(44)40-31(16-17-42)32(43)37-27(18-25-10-6-4-7-11-25)14-15-28(19-26-12-8-5-9-13-26)39-35(45)46-22-30(47)20-36/h4-13,20,23-24,27-28,31,42,47H,14-19,21-22,36H2,1-3H3,(H,37,43)(H,39,45)(H,40,44)/b30-20-. The van der Waals surface area contributed by atoms with Crippen LogP contribution < -0.4 is 21.7 Å². The summed E-state index contributed by atoms with van der Waals surface area (Å²) in [5.41, 5.74) is 8.28. The average Bonchev–Trinajstić information content (AvgIpc) is 3.55. The smallest absolute Gasteiger partial charge is 0.407 e. The van der Waals surface area contributed by atoms with E-state index in [2.05, 4.69) is 47.4 Å². The summed E-state index contributed by atoms with van der Waals surface area (Å²) in [5, 5.41) is 21.5. The number of aliphatic hydroxyl groups excluding tert-OH is 1. The number of amides is 4. The number of urea groups is 1. The van der Waals surface area contributed by atoms with E-state index < -0.39 is 24.1 Å². The highest BCUT2D eigenvalue weighted by Gasteiger charge is 2.26. The molecule has 0 radical (unpaired) electrons. The van der Waals surface area contributed by atoms with E-state index in [1.807, 2.05) is 66.0 Å². The number of thiol groups is 1. The Bertz CT molecular complexity index is 1450. The zero-order chi connectivity index (χ0) is 34.9. The Balaban J connectivity index is 1.71. The molecule has 48 heavy (non-hydrogen) atoms. The van der Waals surface area contributed by atoms with E-state index in [1.165, 1.54) is 11.1 Å². The number of thiazole rings is 1. The van der Waals surface area contributed by atoms with Crippen LogP contribution in [-0.2, 0) is 28.9 Å². The zero-order valence-electron chi connectivity index (χ0n) is 27.8. The lowest BCUT2D eigenvalue weighted by Gasteiger charge is -2.27. The normalized spacial score (nSPS) is 13.3. The van der Waals surface area contributed by atoms with Gasteiger partial charge in [-0.3, -0.25) is 4.79 Å². The quantitative estimate of drug-likeness (QED) is 0.105. The Morgan fingerprint density at radius 3 is 2.06 bits per heavy atom. The van der Waals surface area contributed by atoms with Crippen LogP contribution in [0.3, 0.4) is 0 Å². The number of hydrogen-bond acceptors (Lipinski definition) is 9. The molecule has 1 aromatic heterocycles. The first-order valence-corrected chi connectivity index (χ1v) is 17.4. The molecule has 6 N–H and O–H groups in total. The predicted octanol–water partition coefficient (Wildman–Crippen LogP) is 4.73. The van der Waals surface area contributed by atoms with Crippen LogP contribution in [0.4, 0.5) is 9.59 Å². The number of ether oxygens (including phenoxy) is 1.